The third kappa shape index (κ3) is 3.74. The van der Waals surface area contributed by atoms with Crippen molar-refractivity contribution in [1.29, 1.82) is 0 Å². The Hall–Kier alpha value is -3.22. The van der Waals surface area contributed by atoms with Crippen molar-refractivity contribution in [2.24, 2.45) is 0 Å². The summed E-state index contributed by atoms with van der Waals surface area (Å²) < 4.78 is 15.5. The predicted octanol–water partition coefficient (Wildman–Crippen LogP) is 2.51. The van der Waals surface area contributed by atoms with Gasteiger partial charge < -0.3 is 5.32 Å². The Morgan fingerprint density at radius 1 is 1.14 bits per heavy atom. The molecule has 1 atom stereocenters. The molecule has 0 unspecified atom stereocenters. The molecule has 0 aliphatic carbocycles. The van der Waals surface area contributed by atoms with Gasteiger partial charge in [0, 0.05) is 6.04 Å². The molecule has 0 fully saturated rings. The second-order valence-electron chi connectivity index (χ2n) is 6.88. The van der Waals surface area contributed by atoms with Gasteiger partial charge in [0.25, 0.3) is 5.56 Å². The molecular formula is C21H22FN3O3. The lowest BCUT2D eigenvalue weighted by Gasteiger charge is -2.16. The summed E-state index contributed by atoms with van der Waals surface area (Å²) in [5, 5.41) is 3.15. The summed E-state index contributed by atoms with van der Waals surface area (Å²) in [5.74, 6) is -0.788. The maximum Gasteiger partial charge on any atom is 0.336 e. The van der Waals surface area contributed by atoms with Crippen molar-refractivity contribution in [2.75, 3.05) is 0 Å². The summed E-state index contributed by atoms with van der Waals surface area (Å²) in [5.41, 5.74) is 0.333. The molecule has 146 valence electrons. The molecule has 2 aromatic carbocycles. The summed E-state index contributed by atoms with van der Waals surface area (Å²) >= 11 is 0. The lowest BCUT2D eigenvalue weighted by atomic mass is 10.1. The Labute approximate surface area is 161 Å². The molecule has 3 rings (SSSR count). The summed E-state index contributed by atoms with van der Waals surface area (Å²) in [6, 6.07) is 10.2. The van der Waals surface area contributed by atoms with Crippen LogP contribution in [0.15, 0.2) is 52.1 Å². The number of halogens is 1. The first kappa shape index (κ1) is 19.5. The van der Waals surface area contributed by atoms with Crippen LogP contribution in [0.4, 0.5) is 4.39 Å². The van der Waals surface area contributed by atoms with Gasteiger partial charge in [0.15, 0.2) is 0 Å². The highest BCUT2D eigenvalue weighted by molar-refractivity contribution is 5.82. The molecule has 7 heteroatoms. The van der Waals surface area contributed by atoms with Crippen molar-refractivity contribution in [3.63, 3.8) is 0 Å². The molecule has 1 N–H and O–H groups in total. The minimum atomic E-state index is -0.646. The van der Waals surface area contributed by atoms with Crippen molar-refractivity contribution in [3.8, 4) is 5.69 Å². The van der Waals surface area contributed by atoms with Crippen LogP contribution in [0.1, 0.15) is 25.8 Å². The van der Waals surface area contributed by atoms with E-state index in [1.807, 2.05) is 20.8 Å². The number of benzene rings is 2. The number of aryl methyl sites for hydroxylation is 1. The van der Waals surface area contributed by atoms with Gasteiger partial charge in [-0.25, -0.2) is 13.8 Å². The number of carbonyl (C=O) groups excluding carboxylic acids is 1. The topological polar surface area (TPSA) is 73.1 Å². The summed E-state index contributed by atoms with van der Waals surface area (Å²) in [4.78, 5) is 38.5. The predicted molar refractivity (Wildman–Crippen MR) is 106 cm³/mol. The van der Waals surface area contributed by atoms with Gasteiger partial charge in [-0.15, -0.1) is 0 Å². The summed E-state index contributed by atoms with van der Waals surface area (Å²) in [7, 11) is 0. The van der Waals surface area contributed by atoms with Crippen LogP contribution in [0.25, 0.3) is 16.6 Å². The maximum atomic E-state index is 13.3. The Balaban J connectivity index is 2.24. The van der Waals surface area contributed by atoms with E-state index in [2.05, 4.69) is 5.32 Å². The first-order valence-corrected chi connectivity index (χ1v) is 9.13. The van der Waals surface area contributed by atoms with E-state index in [0.717, 1.165) is 16.6 Å². The fraction of sp³-hybridized carbons (Fsp3) is 0.286. The number of rotatable bonds is 5. The third-order valence-electron chi connectivity index (χ3n) is 4.70. The van der Waals surface area contributed by atoms with Crippen molar-refractivity contribution < 1.29 is 9.18 Å². The molecule has 1 heterocycles. The minimum Gasteiger partial charge on any atom is -0.352 e. The van der Waals surface area contributed by atoms with Crippen LogP contribution in [0.3, 0.4) is 0 Å². The zero-order valence-electron chi connectivity index (χ0n) is 16.0. The highest BCUT2D eigenvalue weighted by Gasteiger charge is 2.17. The number of hydrogen-bond donors (Lipinski definition) is 1. The zero-order valence-corrected chi connectivity index (χ0v) is 16.0. The summed E-state index contributed by atoms with van der Waals surface area (Å²) in [6.07, 6.45) is 0.760. The lowest BCUT2D eigenvalue weighted by molar-refractivity contribution is -0.122. The summed E-state index contributed by atoms with van der Waals surface area (Å²) in [6.45, 7) is 5.45. The van der Waals surface area contributed by atoms with Gasteiger partial charge in [0.2, 0.25) is 5.91 Å². The average Bonchev–Trinajstić information content (AvgIpc) is 2.66. The molecule has 0 saturated heterocycles. The van der Waals surface area contributed by atoms with Gasteiger partial charge in [-0.2, -0.15) is 0 Å². The standard InChI is InChI=1S/C21H22FN3O3/c1-4-14(3)23-19(26)12-24-18-10-5-13(2)11-17(18)20(27)25(21(24)28)16-8-6-15(22)7-9-16/h5-11,14H,4,12H2,1-3H3,(H,23,26)/t14-/m1/s1. The number of fused-ring (bicyclic) bond motifs is 1. The Bertz CT molecular complexity index is 1150. The van der Waals surface area contributed by atoms with E-state index in [0.29, 0.717) is 10.9 Å². The first-order valence-electron chi connectivity index (χ1n) is 9.13. The molecular weight excluding hydrogens is 361 g/mol. The number of nitrogens with zero attached hydrogens (tertiary/aromatic N) is 2. The normalized spacial score (nSPS) is 12.1. The van der Waals surface area contributed by atoms with Crippen LogP contribution >= 0.6 is 0 Å². The number of aromatic nitrogens is 2. The van der Waals surface area contributed by atoms with Crippen LogP contribution in [0.2, 0.25) is 0 Å². The first-order chi connectivity index (χ1) is 13.3. The Morgan fingerprint density at radius 2 is 1.82 bits per heavy atom. The Kier molecular flexibility index (Phi) is 5.44. The molecule has 1 amide bonds. The molecule has 6 nitrogen and oxygen atoms in total. The average molecular weight is 383 g/mol. The second kappa shape index (κ2) is 7.80. The molecule has 0 spiro atoms. The maximum absolute atomic E-state index is 13.3. The van der Waals surface area contributed by atoms with E-state index in [1.165, 1.54) is 28.8 Å². The minimum absolute atomic E-state index is 0.0280. The van der Waals surface area contributed by atoms with E-state index in [9.17, 15) is 18.8 Å². The molecule has 3 aromatic rings. The fourth-order valence-electron chi connectivity index (χ4n) is 3.02. The molecule has 28 heavy (non-hydrogen) atoms. The SMILES string of the molecule is CC[C@@H](C)NC(=O)Cn1c(=O)n(-c2ccc(F)cc2)c(=O)c2cc(C)ccc21. The molecule has 0 aliphatic heterocycles. The largest absolute Gasteiger partial charge is 0.352 e. The van der Waals surface area contributed by atoms with Crippen LogP contribution in [-0.4, -0.2) is 21.1 Å². The Morgan fingerprint density at radius 3 is 2.46 bits per heavy atom. The van der Waals surface area contributed by atoms with Crippen LogP contribution < -0.4 is 16.6 Å². The molecule has 0 bridgehead atoms. The molecule has 0 saturated carbocycles. The quantitative estimate of drug-likeness (QED) is 0.736. The van der Waals surface area contributed by atoms with Crippen LogP contribution in [0, 0.1) is 12.7 Å². The third-order valence-corrected chi connectivity index (χ3v) is 4.70. The van der Waals surface area contributed by atoms with Gasteiger partial charge in [0.1, 0.15) is 12.4 Å². The van der Waals surface area contributed by atoms with E-state index >= 15 is 0 Å². The van der Waals surface area contributed by atoms with E-state index in [4.69, 9.17) is 0 Å². The van der Waals surface area contributed by atoms with Crippen molar-refractivity contribution in [3.05, 3.63) is 74.7 Å². The highest BCUT2D eigenvalue weighted by Crippen LogP contribution is 2.13. The van der Waals surface area contributed by atoms with Crippen molar-refractivity contribution >= 4 is 16.8 Å². The number of nitrogens with one attached hydrogen (secondary N) is 1. The zero-order chi connectivity index (χ0) is 20.4. The van der Waals surface area contributed by atoms with E-state index in [-0.39, 0.29) is 24.2 Å². The van der Waals surface area contributed by atoms with Gasteiger partial charge in [-0.1, -0.05) is 18.6 Å². The van der Waals surface area contributed by atoms with E-state index < -0.39 is 17.1 Å². The van der Waals surface area contributed by atoms with Gasteiger partial charge in [0.05, 0.1) is 16.6 Å². The lowest BCUT2D eigenvalue weighted by Crippen LogP contribution is -2.43. The number of carbonyl (C=O) groups is 1. The van der Waals surface area contributed by atoms with Crippen molar-refractivity contribution in [2.45, 2.75) is 39.8 Å². The molecule has 0 aliphatic rings. The van der Waals surface area contributed by atoms with Crippen LogP contribution in [0.5, 0.6) is 0 Å². The number of hydrogen-bond acceptors (Lipinski definition) is 3. The van der Waals surface area contributed by atoms with Gasteiger partial charge >= 0.3 is 5.69 Å². The van der Waals surface area contributed by atoms with Gasteiger partial charge in [-0.05, 0) is 56.7 Å². The molecule has 0 radical (unpaired) electrons. The monoisotopic (exact) mass is 383 g/mol. The second-order valence-corrected chi connectivity index (χ2v) is 6.88. The van der Waals surface area contributed by atoms with E-state index in [1.54, 1.807) is 18.2 Å². The fourth-order valence-corrected chi connectivity index (χ4v) is 3.02. The van der Waals surface area contributed by atoms with Crippen LogP contribution in [-0.2, 0) is 11.3 Å². The van der Waals surface area contributed by atoms with Crippen molar-refractivity contribution in [1.82, 2.24) is 14.5 Å². The van der Waals surface area contributed by atoms with Gasteiger partial charge in [-0.3, -0.25) is 14.2 Å². The number of amides is 1. The smallest absolute Gasteiger partial charge is 0.336 e. The highest BCUT2D eigenvalue weighted by atomic mass is 19.1. The molecule has 1 aromatic heterocycles.